The molecule has 3 heteroatoms. The second kappa shape index (κ2) is 5.60. The van der Waals surface area contributed by atoms with E-state index in [-0.39, 0.29) is 5.54 Å². The Morgan fingerprint density at radius 1 is 1.22 bits per heavy atom. The van der Waals surface area contributed by atoms with Crippen molar-refractivity contribution < 1.29 is 5.11 Å². The number of halogens is 1. The molecule has 0 aromatic heterocycles. The molecule has 1 unspecified atom stereocenters. The lowest BCUT2D eigenvalue weighted by molar-refractivity contribution is -0.0335. The van der Waals surface area contributed by atoms with Crippen molar-refractivity contribution in [2.45, 2.75) is 43.7 Å². The van der Waals surface area contributed by atoms with Crippen molar-refractivity contribution in [3.63, 3.8) is 0 Å². The fourth-order valence-electron chi connectivity index (χ4n) is 3.12. The summed E-state index contributed by atoms with van der Waals surface area (Å²) in [7, 11) is 4.14. The van der Waals surface area contributed by atoms with E-state index in [4.69, 9.17) is 11.6 Å². The highest BCUT2D eigenvalue weighted by Gasteiger charge is 2.41. The molecule has 0 radical (unpaired) electrons. The van der Waals surface area contributed by atoms with Gasteiger partial charge in [0.1, 0.15) is 0 Å². The number of nitrogens with zero attached hydrogens (tertiary/aromatic N) is 1. The summed E-state index contributed by atoms with van der Waals surface area (Å²) in [6, 6.07) is 7.61. The van der Waals surface area contributed by atoms with E-state index in [9.17, 15) is 5.11 Å². The Balaban J connectivity index is 2.31. The van der Waals surface area contributed by atoms with Crippen LogP contribution in [-0.2, 0) is 0 Å². The van der Waals surface area contributed by atoms with Crippen LogP contribution >= 0.6 is 11.6 Å². The van der Waals surface area contributed by atoms with Gasteiger partial charge in [0.05, 0.1) is 11.6 Å². The summed E-state index contributed by atoms with van der Waals surface area (Å²) in [5.74, 6) is 0. The second-order valence-electron chi connectivity index (χ2n) is 5.52. The molecule has 1 N–H and O–H groups in total. The molecule has 1 aromatic rings. The van der Waals surface area contributed by atoms with Gasteiger partial charge in [-0.2, -0.15) is 0 Å². The number of rotatable bonds is 3. The van der Waals surface area contributed by atoms with Gasteiger partial charge in [0, 0.05) is 5.02 Å². The summed E-state index contributed by atoms with van der Waals surface area (Å²) in [6.07, 6.45) is 5.29. The van der Waals surface area contributed by atoms with Gasteiger partial charge >= 0.3 is 0 Å². The number of likely N-dealkylation sites (N-methyl/N-ethyl adjacent to an activating group) is 1. The molecule has 0 bridgehead atoms. The van der Waals surface area contributed by atoms with Crippen LogP contribution in [0.5, 0.6) is 0 Å². The van der Waals surface area contributed by atoms with Gasteiger partial charge in [-0.05, 0) is 44.6 Å². The molecule has 0 spiro atoms. The van der Waals surface area contributed by atoms with Crippen molar-refractivity contribution in [3.05, 3.63) is 34.9 Å². The van der Waals surface area contributed by atoms with Crippen molar-refractivity contribution in [2.75, 3.05) is 14.1 Å². The molecule has 0 aliphatic heterocycles. The lowest BCUT2D eigenvalue weighted by atomic mass is 9.74. The molecule has 1 saturated carbocycles. The summed E-state index contributed by atoms with van der Waals surface area (Å²) in [5.41, 5.74) is 0.793. The zero-order chi connectivity index (χ0) is 13.2. The summed E-state index contributed by atoms with van der Waals surface area (Å²) >= 11 is 6.03. The molecule has 18 heavy (non-hydrogen) atoms. The third-order valence-electron chi connectivity index (χ3n) is 4.28. The molecular weight excluding hydrogens is 246 g/mol. The molecule has 1 aliphatic carbocycles. The first-order chi connectivity index (χ1) is 8.56. The molecule has 1 aliphatic rings. The Bertz CT molecular complexity index is 399. The molecular formula is C15H22ClNO. The largest absolute Gasteiger partial charge is 0.386 e. The predicted molar refractivity (Wildman–Crippen MR) is 75.9 cm³/mol. The predicted octanol–water partition coefficient (Wildman–Crippen LogP) is 3.64. The SMILES string of the molecule is CN(C)C1(C(O)c2cccc(Cl)c2)CCCCC1. The fraction of sp³-hybridized carbons (Fsp3) is 0.600. The molecule has 2 rings (SSSR count). The van der Waals surface area contributed by atoms with Crippen molar-refractivity contribution in [2.24, 2.45) is 0 Å². The van der Waals surface area contributed by atoms with Gasteiger partial charge in [0.2, 0.25) is 0 Å². The maximum absolute atomic E-state index is 10.8. The van der Waals surface area contributed by atoms with Crippen LogP contribution in [0.3, 0.4) is 0 Å². The van der Waals surface area contributed by atoms with Gasteiger partial charge < -0.3 is 10.0 Å². The number of hydrogen-bond acceptors (Lipinski definition) is 2. The first-order valence-electron chi connectivity index (χ1n) is 6.67. The van der Waals surface area contributed by atoms with Crippen LogP contribution in [0.25, 0.3) is 0 Å². The Morgan fingerprint density at radius 3 is 2.44 bits per heavy atom. The third kappa shape index (κ3) is 2.56. The Labute approximate surface area is 115 Å². The maximum atomic E-state index is 10.8. The zero-order valence-corrected chi connectivity index (χ0v) is 12.0. The quantitative estimate of drug-likeness (QED) is 0.904. The van der Waals surface area contributed by atoms with E-state index in [1.54, 1.807) is 0 Å². The van der Waals surface area contributed by atoms with Gasteiger partial charge in [-0.1, -0.05) is 43.0 Å². The fourth-order valence-corrected chi connectivity index (χ4v) is 3.31. The van der Waals surface area contributed by atoms with Crippen molar-refractivity contribution >= 4 is 11.6 Å². The Morgan fingerprint density at radius 2 is 1.89 bits per heavy atom. The lowest BCUT2D eigenvalue weighted by Crippen LogP contribution is -2.50. The topological polar surface area (TPSA) is 23.5 Å². The Kier molecular flexibility index (Phi) is 4.31. The lowest BCUT2D eigenvalue weighted by Gasteiger charge is -2.46. The van der Waals surface area contributed by atoms with Gasteiger partial charge in [-0.25, -0.2) is 0 Å². The highest BCUT2D eigenvalue weighted by atomic mass is 35.5. The maximum Gasteiger partial charge on any atom is 0.0973 e. The Hall–Kier alpha value is -0.570. The first kappa shape index (κ1) is 13.9. The van der Waals surface area contributed by atoms with Crippen LogP contribution in [0.1, 0.15) is 43.8 Å². The first-order valence-corrected chi connectivity index (χ1v) is 7.05. The van der Waals surface area contributed by atoms with Crippen LogP contribution in [0.15, 0.2) is 24.3 Å². The highest BCUT2D eigenvalue weighted by molar-refractivity contribution is 6.30. The summed E-state index contributed by atoms with van der Waals surface area (Å²) < 4.78 is 0. The van der Waals surface area contributed by atoms with E-state index < -0.39 is 6.10 Å². The molecule has 0 saturated heterocycles. The van der Waals surface area contributed by atoms with Gasteiger partial charge in [0.15, 0.2) is 0 Å². The number of hydrogen-bond donors (Lipinski definition) is 1. The van der Waals surface area contributed by atoms with Crippen molar-refractivity contribution in [3.8, 4) is 0 Å². The number of benzene rings is 1. The van der Waals surface area contributed by atoms with Crippen molar-refractivity contribution in [1.29, 1.82) is 0 Å². The zero-order valence-electron chi connectivity index (χ0n) is 11.2. The molecule has 2 nitrogen and oxygen atoms in total. The van der Waals surface area contributed by atoms with E-state index in [0.29, 0.717) is 5.02 Å². The molecule has 0 heterocycles. The minimum Gasteiger partial charge on any atom is -0.386 e. The van der Waals surface area contributed by atoms with E-state index in [2.05, 4.69) is 19.0 Å². The van der Waals surface area contributed by atoms with Crippen LogP contribution < -0.4 is 0 Å². The summed E-state index contributed by atoms with van der Waals surface area (Å²) in [5, 5.41) is 11.5. The van der Waals surface area contributed by atoms with E-state index in [1.807, 2.05) is 24.3 Å². The van der Waals surface area contributed by atoms with E-state index in [1.165, 1.54) is 19.3 Å². The average Bonchev–Trinajstić information content (AvgIpc) is 2.38. The highest BCUT2D eigenvalue weighted by Crippen LogP contribution is 2.42. The molecule has 0 amide bonds. The number of aliphatic hydroxyl groups excluding tert-OH is 1. The smallest absolute Gasteiger partial charge is 0.0973 e. The molecule has 1 atom stereocenters. The minimum atomic E-state index is -0.466. The minimum absolute atomic E-state index is 0.136. The monoisotopic (exact) mass is 267 g/mol. The van der Waals surface area contributed by atoms with E-state index in [0.717, 1.165) is 18.4 Å². The van der Waals surface area contributed by atoms with Gasteiger partial charge in [-0.3, -0.25) is 0 Å². The molecule has 1 fully saturated rings. The molecule has 1 aromatic carbocycles. The van der Waals surface area contributed by atoms with Crippen LogP contribution in [0.2, 0.25) is 5.02 Å². The van der Waals surface area contributed by atoms with Crippen molar-refractivity contribution in [1.82, 2.24) is 4.90 Å². The van der Waals surface area contributed by atoms with E-state index >= 15 is 0 Å². The number of aliphatic hydroxyl groups is 1. The van der Waals surface area contributed by atoms with Gasteiger partial charge in [-0.15, -0.1) is 0 Å². The normalized spacial score (nSPS) is 20.9. The van der Waals surface area contributed by atoms with Crippen LogP contribution in [-0.4, -0.2) is 29.6 Å². The standard InChI is InChI=1S/C15H22ClNO/c1-17(2)15(9-4-3-5-10-15)14(18)12-7-6-8-13(16)11-12/h6-8,11,14,18H,3-5,9-10H2,1-2H3. The average molecular weight is 268 g/mol. The second-order valence-corrected chi connectivity index (χ2v) is 5.95. The van der Waals surface area contributed by atoms with Crippen LogP contribution in [0.4, 0.5) is 0 Å². The van der Waals surface area contributed by atoms with Gasteiger partial charge in [0.25, 0.3) is 0 Å². The summed E-state index contributed by atoms with van der Waals surface area (Å²) in [4.78, 5) is 2.19. The van der Waals surface area contributed by atoms with Crippen LogP contribution in [0, 0.1) is 0 Å². The molecule has 100 valence electrons. The third-order valence-corrected chi connectivity index (χ3v) is 4.52. The summed E-state index contributed by atoms with van der Waals surface area (Å²) in [6.45, 7) is 0.